The third kappa shape index (κ3) is 2.78. The van der Waals surface area contributed by atoms with E-state index >= 15 is 0 Å². The van der Waals surface area contributed by atoms with Crippen LogP contribution in [0.25, 0.3) is 0 Å². The molecule has 0 saturated carbocycles. The van der Waals surface area contributed by atoms with Gasteiger partial charge >= 0.3 is 35.3 Å². The predicted molar refractivity (Wildman–Crippen MR) is 48.2 cm³/mol. The molecule has 0 aromatic carbocycles. The van der Waals surface area contributed by atoms with Crippen molar-refractivity contribution >= 4 is 38.9 Å². The molecule has 0 aromatic heterocycles. The summed E-state index contributed by atoms with van der Waals surface area (Å²) in [6, 6.07) is 0. The Morgan fingerprint density at radius 1 is 0.667 bits per heavy atom. The van der Waals surface area contributed by atoms with Gasteiger partial charge in [-0.15, -0.1) is 0 Å². The number of hydrogen-bond acceptors (Lipinski definition) is 4. The second kappa shape index (κ2) is 4.83. The average Bonchev–Trinajstić information content (AvgIpc) is 1.98. The molecule has 0 fully saturated rings. The van der Waals surface area contributed by atoms with E-state index in [4.69, 9.17) is 0 Å². The van der Waals surface area contributed by atoms with E-state index in [1.54, 1.807) is 0 Å². The summed E-state index contributed by atoms with van der Waals surface area (Å²) in [4.78, 5) is 0. The van der Waals surface area contributed by atoms with E-state index in [0.29, 0.717) is 0 Å². The fraction of sp³-hybridized carbons (Fsp3) is 1.00. The van der Waals surface area contributed by atoms with Crippen molar-refractivity contribution in [1.29, 1.82) is 0 Å². The first kappa shape index (κ1) is 20.3. The van der Waals surface area contributed by atoms with Crippen molar-refractivity contribution in [1.82, 2.24) is 0 Å². The molecule has 0 aliphatic carbocycles. The molecule has 0 bridgehead atoms. The van der Waals surface area contributed by atoms with Crippen LogP contribution in [0.3, 0.4) is 0 Å². The van der Waals surface area contributed by atoms with Crippen molar-refractivity contribution in [3.8, 4) is 0 Å². The van der Waals surface area contributed by atoms with Crippen molar-refractivity contribution in [3.63, 3.8) is 0 Å². The minimum atomic E-state index is -6.83. The molecule has 6 nitrogen and oxygen atoms in total. The second-order valence-corrected chi connectivity index (χ2v) is 5.90. The first-order chi connectivity index (χ1) is 7.00. The molecule has 0 radical (unpaired) electrons. The van der Waals surface area contributed by atoms with Crippen molar-refractivity contribution in [2.75, 3.05) is 0 Å². The van der Waals surface area contributed by atoms with Crippen LogP contribution in [0.5, 0.6) is 0 Å². The molecular weight excluding hydrogens is 313 g/mol. The number of hydrogen-bond donors (Lipinski definition) is 2. The zero-order chi connectivity index (χ0) is 14.5. The minimum absolute atomic E-state index is 0. The zero-order valence-corrected chi connectivity index (χ0v) is 9.00. The molecule has 0 aliphatic heterocycles. The second-order valence-electron chi connectivity index (χ2n) is 2.70. The van der Waals surface area contributed by atoms with Crippen LogP contribution in [0.15, 0.2) is 0 Å². The quantitative estimate of drug-likeness (QED) is 0.496. The molecule has 0 aromatic rings. The number of halogens is 6. The SMILES string of the molecule is NS(=O)(=O)C(F)(F)C(F)(F)C(F)(F)S(N)(=O)=O.[LiH]. The van der Waals surface area contributed by atoms with E-state index in [9.17, 15) is 43.2 Å². The maximum absolute atomic E-state index is 12.6. The van der Waals surface area contributed by atoms with Gasteiger partial charge in [0.05, 0.1) is 0 Å². The molecule has 0 aliphatic rings. The molecule has 106 valence electrons. The Balaban J connectivity index is 0. The van der Waals surface area contributed by atoms with Crippen LogP contribution in [-0.2, 0) is 20.0 Å². The first-order valence-electron chi connectivity index (χ1n) is 3.18. The molecule has 0 saturated heterocycles. The monoisotopic (exact) mass is 318 g/mol. The Morgan fingerprint density at radius 3 is 0.944 bits per heavy atom. The third-order valence-electron chi connectivity index (χ3n) is 1.45. The van der Waals surface area contributed by atoms with Gasteiger partial charge in [-0.3, -0.25) is 0 Å². The van der Waals surface area contributed by atoms with Crippen LogP contribution >= 0.6 is 0 Å². The van der Waals surface area contributed by atoms with E-state index in [2.05, 4.69) is 10.3 Å². The van der Waals surface area contributed by atoms with Gasteiger partial charge in [0, 0.05) is 0 Å². The maximum atomic E-state index is 12.6. The van der Waals surface area contributed by atoms with Gasteiger partial charge in [0.25, 0.3) is 20.0 Å². The van der Waals surface area contributed by atoms with Crippen molar-refractivity contribution in [3.05, 3.63) is 0 Å². The number of rotatable bonds is 4. The summed E-state index contributed by atoms with van der Waals surface area (Å²) in [6.07, 6.45) is 0. The van der Waals surface area contributed by atoms with Gasteiger partial charge in [0.15, 0.2) is 0 Å². The van der Waals surface area contributed by atoms with Gasteiger partial charge < -0.3 is 0 Å². The van der Waals surface area contributed by atoms with E-state index < -0.39 is 36.5 Å². The number of alkyl halides is 6. The molecule has 0 amide bonds. The molecule has 0 spiro atoms. The summed E-state index contributed by atoms with van der Waals surface area (Å²) >= 11 is 0. The van der Waals surface area contributed by atoms with Crippen molar-refractivity contribution in [2.45, 2.75) is 16.4 Å². The predicted octanol–water partition coefficient (Wildman–Crippen LogP) is -1.26. The number of nitrogens with two attached hydrogens (primary N) is 2. The first-order valence-corrected chi connectivity index (χ1v) is 6.27. The van der Waals surface area contributed by atoms with Crippen LogP contribution < -0.4 is 10.3 Å². The number of sulfonamides is 2. The molecule has 0 rings (SSSR count). The molecule has 0 atom stereocenters. The molecule has 0 unspecified atom stereocenters. The van der Waals surface area contributed by atoms with Gasteiger partial charge in [0.2, 0.25) is 0 Å². The van der Waals surface area contributed by atoms with E-state index in [1.165, 1.54) is 0 Å². The Kier molecular flexibility index (Phi) is 5.46. The Morgan fingerprint density at radius 2 is 0.833 bits per heavy atom. The summed E-state index contributed by atoms with van der Waals surface area (Å²) in [5.41, 5.74) is 0. The summed E-state index contributed by atoms with van der Waals surface area (Å²) in [7, 11) is -13.0. The molecule has 15 heteroatoms. The van der Waals surface area contributed by atoms with Crippen LogP contribution in [0, 0.1) is 0 Å². The van der Waals surface area contributed by atoms with E-state index in [1.807, 2.05) is 0 Å². The van der Waals surface area contributed by atoms with Gasteiger partial charge in [-0.05, 0) is 0 Å². The van der Waals surface area contributed by atoms with Gasteiger partial charge in [0.1, 0.15) is 0 Å². The molecule has 18 heavy (non-hydrogen) atoms. The molecule has 0 heterocycles. The topological polar surface area (TPSA) is 120 Å². The van der Waals surface area contributed by atoms with Crippen LogP contribution in [0.1, 0.15) is 0 Å². The van der Waals surface area contributed by atoms with Crippen molar-refractivity contribution in [2.24, 2.45) is 10.3 Å². The van der Waals surface area contributed by atoms with E-state index in [0.717, 1.165) is 0 Å². The third-order valence-corrected chi connectivity index (χ3v) is 3.39. The molecular formula is C3H5F6LiN2O4S2. The van der Waals surface area contributed by atoms with Gasteiger partial charge in [-0.25, -0.2) is 27.1 Å². The van der Waals surface area contributed by atoms with Gasteiger partial charge in [-0.1, -0.05) is 0 Å². The van der Waals surface area contributed by atoms with E-state index in [-0.39, 0.29) is 18.9 Å². The fourth-order valence-electron chi connectivity index (χ4n) is 0.527. The fourth-order valence-corrected chi connectivity index (χ4v) is 1.56. The zero-order valence-electron chi connectivity index (χ0n) is 7.37. The van der Waals surface area contributed by atoms with Crippen LogP contribution in [-0.4, -0.2) is 52.1 Å². The summed E-state index contributed by atoms with van der Waals surface area (Å²) in [6.45, 7) is 0. The Hall–Kier alpha value is -0.00260. The van der Waals surface area contributed by atoms with Crippen LogP contribution in [0.2, 0.25) is 0 Å². The number of primary sulfonamides is 2. The average molecular weight is 318 g/mol. The van der Waals surface area contributed by atoms with Crippen LogP contribution in [0.4, 0.5) is 26.3 Å². The summed E-state index contributed by atoms with van der Waals surface area (Å²) < 4.78 is 115. The standard InChI is InChI=1S/C3H4F6N2O4S2.Li.H/c4-1(5,2(6,7)16(10,12)13)3(8,9)17(11,14)15;;/h(H2,10,12,13)(H2,11,14,15);;. The summed E-state index contributed by atoms with van der Waals surface area (Å²) in [5, 5.41) is -5.81. The normalized spacial score (nSPS) is 15.1. The Labute approximate surface area is 109 Å². The van der Waals surface area contributed by atoms with Crippen molar-refractivity contribution < 1.29 is 43.2 Å². The Bertz CT molecular complexity index is 469. The molecule has 4 N–H and O–H groups in total. The summed E-state index contributed by atoms with van der Waals surface area (Å²) in [5.74, 6) is -6.83. The van der Waals surface area contributed by atoms with Gasteiger partial charge in [-0.2, -0.15) is 26.3 Å².